The molecule has 4 nitrogen and oxygen atoms in total. The Bertz CT molecular complexity index is 1130. The Kier molecular flexibility index (Phi) is 4.50. The van der Waals surface area contributed by atoms with Crippen molar-refractivity contribution in [1.82, 2.24) is 4.57 Å². The molecule has 1 heterocycles. The molecule has 0 aliphatic heterocycles. The van der Waals surface area contributed by atoms with Crippen molar-refractivity contribution in [1.29, 1.82) is 0 Å². The predicted molar refractivity (Wildman–Crippen MR) is 113 cm³/mol. The Labute approximate surface area is 171 Å². The van der Waals surface area contributed by atoms with Gasteiger partial charge in [0, 0.05) is 22.3 Å². The molecular formula is C23H20BrNO3. The topological polar surface area (TPSA) is 59.3 Å². The third-order valence-corrected chi connectivity index (χ3v) is 5.69. The molecular weight excluding hydrogens is 418 g/mol. The van der Waals surface area contributed by atoms with E-state index < -0.39 is 0 Å². The maximum Gasteiger partial charge on any atom is 0.266 e. The normalized spacial score (nSPS) is 15.3. The van der Waals surface area contributed by atoms with Gasteiger partial charge in [-0.15, -0.1) is 0 Å². The van der Waals surface area contributed by atoms with Crippen molar-refractivity contribution < 1.29 is 9.90 Å². The van der Waals surface area contributed by atoms with E-state index in [-0.39, 0.29) is 33.6 Å². The number of hydrogen-bond donors (Lipinski definition) is 1. The summed E-state index contributed by atoms with van der Waals surface area (Å²) in [5, 5.41) is 11.0. The largest absolute Gasteiger partial charge is 0.506 e. The first-order valence-electron chi connectivity index (χ1n) is 9.14. The minimum atomic E-state index is -0.324. The second kappa shape index (κ2) is 6.74. The number of benzene rings is 2. The molecule has 0 bridgehead atoms. The van der Waals surface area contributed by atoms with E-state index >= 15 is 0 Å². The summed E-state index contributed by atoms with van der Waals surface area (Å²) in [6, 6.07) is 16.4. The number of Topliss-reactive ketones (excluding diaryl/α,β-unsaturated/α-hetero) is 1. The van der Waals surface area contributed by atoms with E-state index in [0.29, 0.717) is 29.8 Å². The smallest absolute Gasteiger partial charge is 0.266 e. The summed E-state index contributed by atoms with van der Waals surface area (Å²) in [4.78, 5) is 26.5. The Hall–Kier alpha value is -2.66. The lowest BCUT2D eigenvalue weighted by Gasteiger charge is -2.33. The summed E-state index contributed by atoms with van der Waals surface area (Å²) in [7, 11) is 0. The van der Waals surface area contributed by atoms with Crippen LogP contribution in [0.1, 0.15) is 36.3 Å². The highest BCUT2D eigenvalue weighted by Gasteiger charge is 2.37. The third-order valence-electron chi connectivity index (χ3n) is 5.16. The molecule has 0 amide bonds. The Morgan fingerprint density at radius 3 is 2.21 bits per heavy atom. The van der Waals surface area contributed by atoms with Crippen molar-refractivity contribution in [2.45, 2.75) is 26.7 Å². The third kappa shape index (κ3) is 3.10. The Morgan fingerprint density at radius 1 is 0.929 bits per heavy atom. The summed E-state index contributed by atoms with van der Waals surface area (Å²) < 4.78 is 2.49. The van der Waals surface area contributed by atoms with Gasteiger partial charge in [0.25, 0.3) is 5.56 Å². The molecule has 3 aromatic rings. The maximum atomic E-state index is 13.5. The van der Waals surface area contributed by atoms with Crippen LogP contribution in [0.15, 0.2) is 63.9 Å². The highest BCUT2D eigenvalue weighted by Crippen LogP contribution is 2.41. The molecule has 2 aromatic carbocycles. The summed E-state index contributed by atoms with van der Waals surface area (Å²) >= 11 is 3.42. The van der Waals surface area contributed by atoms with Crippen molar-refractivity contribution in [3.63, 3.8) is 0 Å². The molecule has 1 aliphatic rings. The molecule has 0 atom stereocenters. The second-order valence-electron chi connectivity index (χ2n) is 7.97. The molecule has 0 saturated heterocycles. The van der Waals surface area contributed by atoms with E-state index in [2.05, 4.69) is 15.9 Å². The van der Waals surface area contributed by atoms with E-state index in [4.69, 9.17) is 0 Å². The summed E-state index contributed by atoms with van der Waals surface area (Å²) in [6.45, 7) is 4.01. The molecule has 142 valence electrons. The molecule has 0 spiro atoms. The van der Waals surface area contributed by atoms with Crippen LogP contribution >= 0.6 is 15.9 Å². The number of fused-ring (bicyclic) bond motifs is 1. The van der Waals surface area contributed by atoms with Gasteiger partial charge in [-0.1, -0.05) is 60.1 Å². The van der Waals surface area contributed by atoms with Gasteiger partial charge in [-0.3, -0.25) is 14.2 Å². The fraction of sp³-hybridized carbons (Fsp3) is 0.217. The van der Waals surface area contributed by atoms with Gasteiger partial charge in [0.15, 0.2) is 5.78 Å². The molecule has 1 aromatic heterocycles. The molecule has 1 aliphatic carbocycles. The van der Waals surface area contributed by atoms with E-state index in [1.807, 2.05) is 56.3 Å². The van der Waals surface area contributed by atoms with Gasteiger partial charge in [0.1, 0.15) is 5.75 Å². The number of halogens is 1. The fourth-order valence-electron chi connectivity index (χ4n) is 3.94. The minimum Gasteiger partial charge on any atom is -0.506 e. The lowest BCUT2D eigenvalue weighted by molar-refractivity contribution is 0.0905. The molecule has 0 fully saturated rings. The van der Waals surface area contributed by atoms with Crippen molar-refractivity contribution in [2.24, 2.45) is 5.41 Å². The second-order valence-corrected chi connectivity index (χ2v) is 8.88. The number of rotatable bonds is 2. The molecule has 0 saturated carbocycles. The number of hydrogen-bond acceptors (Lipinski definition) is 3. The zero-order chi connectivity index (χ0) is 20.1. The summed E-state index contributed by atoms with van der Waals surface area (Å²) in [5.74, 6) is -0.341. The number of pyridine rings is 1. The fourth-order valence-corrected chi connectivity index (χ4v) is 4.20. The van der Waals surface area contributed by atoms with Crippen molar-refractivity contribution in [2.75, 3.05) is 0 Å². The first-order valence-corrected chi connectivity index (χ1v) is 9.93. The first-order chi connectivity index (χ1) is 13.3. The molecule has 0 radical (unpaired) electrons. The van der Waals surface area contributed by atoms with Gasteiger partial charge in [0.2, 0.25) is 0 Å². The van der Waals surface area contributed by atoms with Gasteiger partial charge in [-0.05, 0) is 41.7 Å². The van der Waals surface area contributed by atoms with E-state index in [9.17, 15) is 14.7 Å². The lowest BCUT2D eigenvalue weighted by atomic mass is 9.74. The molecule has 28 heavy (non-hydrogen) atoms. The van der Waals surface area contributed by atoms with Crippen molar-refractivity contribution in [3.05, 3.63) is 80.7 Å². The van der Waals surface area contributed by atoms with Crippen LogP contribution in [-0.2, 0) is 6.42 Å². The van der Waals surface area contributed by atoms with Crippen LogP contribution in [0.3, 0.4) is 0 Å². The highest BCUT2D eigenvalue weighted by molar-refractivity contribution is 9.10. The van der Waals surface area contributed by atoms with Gasteiger partial charge in [0.05, 0.1) is 11.1 Å². The minimum absolute atomic E-state index is 0.133. The van der Waals surface area contributed by atoms with Gasteiger partial charge >= 0.3 is 0 Å². The quantitative estimate of drug-likeness (QED) is 0.604. The predicted octanol–water partition coefficient (Wildman–Crippen LogP) is 5.13. The lowest BCUT2D eigenvalue weighted by Crippen LogP contribution is -2.35. The van der Waals surface area contributed by atoms with Gasteiger partial charge < -0.3 is 5.11 Å². The maximum absolute atomic E-state index is 13.5. The molecule has 0 unspecified atom stereocenters. The van der Waals surface area contributed by atoms with Crippen LogP contribution < -0.4 is 5.56 Å². The van der Waals surface area contributed by atoms with Crippen LogP contribution in [0.4, 0.5) is 0 Å². The Balaban J connectivity index is 2.12. The average molecular weight is 438 g/mol. The molecule has 5 heteroatoms. The van der Waals surface area contributed by atoms with Crippen molar-refractivity contribution >= 4 is 21.7 Å². The van der Waals surface area contributed by atoms with Crippen LogP contribution in [0, 0.1) is 5.41 Å². The van der Waals surface area contributed by atoms with Crippen LogP contribution in [-0.4, -0.2) is 15.5 Å². The zero-order valence-electron chi connectivity index (χ0n) is 15.7. The van der Waals surface area contributed by atoms with Gasteiger partial charge in [-0.25, -0.2) is 0 Å². The number of aromatic nitrogens is 1. The van der Waals surface area contributed by atoms with Crippen LogP contribution in [0.5, 0.6) is 5.75 Å². The number of ketones is 1. The summed E-state index contributed by atoms with van der Waals surface area (Å²) in [5.41, 5.74) is 1.66. The van der Waals surface area contributed by atoms with Crippen LogP contribution in [0.25, 0.3) is 16.8 Å². The molecule has 4 rings (SSSR count). The number of carbonyl (C=O) groups is 1. The zero-order valence-corrected chi connectivity index (χ0v) is 17.3. The van der Waals surface area contributed by atoms with Crippen molar-refractivity contribution in [3.8, 4) is 22.6 Å². The van der Waals surface area contributed by atoms with Crippen LogP contribution in [0.2, 0.25) is 0 Å². The van der Waals surface area contributed by atoms with E-state index in [1.165, 1.54) is 0 Å². The standard InChI is InChI=1S/C23H20BrNO3/c1-23(2)12-17-20(18(26)13-23)21(27)19(14-6-4-3-5-7-14)22(28)25(17)16-10-8-15(24)9-11-16/h3-11,27H,12-13H2,1-2H3. The average Bonchev–Trinajstić information content (AvgIpc) is 2.62. The highest BCUT2D eigenvalue weighted by atomic mass is 79.9. The molecule has 1 N–H and O–H groups in total. The van der Waals surface area contributed by atoms with E-state index in [1.54, 1.807) is 16.7 Å². The monoisotopic (exact) mass is 437 g/mol. The first kappa shape index (κ1) is 18.7. The summed E-state index contributed by atoms with van der Waals surface area (Å²) in [6.07, 6.45) is 0.863. The number of aromatic hydroxyl groups is 1. The Morgan fingerprint density at radius 2 is 1.57 bits per heavy atom. The SMILES string of the molecule is CC1(C)CC(=O)c2c(O)c(-c3ccccc3)c(=O)n(-c3ccc(Br)cc3)c2C1. The number of nitrogens with zero attached hydrogens (tertiary/aromatic N) is 1. The van der Waals surface area contributed by atoms with Gasteiger partial charge in [-0.2, -0.15) is 0 Å². The van der Waals surface area contributed by atoms with E-state index in [0.717, 1.165) is 4.47 Å². The number of carbonyl (C=O) groups excluding carboxylic acids is 1.